The second-order valence-electron chi connectivity index (χ2n) is 6.93. The quantitative estimate of drug-likeness (QED) is 0.739. The second kappa shape index (κ2) is 6.81. The van der Waals surface area contributed by atoms with Crippen molar-refractivity contribution >= 4 is 16.3 Å². The van der Waals surface area contributed by atoms with Gasteiger partial charge in [-0.05, 0) is 38.5 Å². The second-order valence-corrected chi connectivity index (χ2v) is 7.94. The Morgan fingerprint density at radius 3 is 2.56 bits per heavy atom. The summed E-state index contributed by atoms with van der Waals surface area (Å²) in [6.07, 6.45) is -0.0406. The summed E-state index contributed by atoms with van der Waals surface area (Å²) in [4.78, 5) is 7.58. The summed E-state index contributed by atoms with van der Waals surface area (Å²) in [5.74, 6) is -1.29. The predicted molar refractivity (Wildman–Crippen MR) is 97.0 cm³/mol. The fourth-order valence-electron chi connectivity index (χ4n) is 3.67. The molecular formula is C18H20F2N4O2S. The van der Waals surface area contributed by atoms with Gasteiger partial charge < -0.3 is 9.84 Å². The van der Waals surface area contributed by atoms with Gasteiger partial charge in [-0.15, -0.1) is 5.10 Å². The standard InChI is InChI=1S/C18H20F2N4O2S/c1-9-7-23(8-10(2)26-9)15(12-4-5-13(19)14(20)6-12)16-17(25)24-18(27-16)21-11(3)22-24/h4-6,9-10,15,25H,7-8H2,1-3H3/t9-,10-,15-/m1/s1. The van der Waals surface area contributed by atoms with E-state index in [1.165, 1.54) is 21.9 Å². The molecule has 1 saturated heterocycles. The maximum atomic E-state index is 14.0. The number of halogens is 2. The lowest BCUT2D eigenvalue weighted by atomic mass is 10.0. The smallest absolute Gasteiger partial charge is 0.230 e. The van der Waals surface area contributed by atoms with Gasteiger partial charge in [0.05, 0.1) is 23.1 Å². The van der Waals surface area contributed by atoms with E-state index in [1.807, 2.05) is 13.8 Å². The fraction of sp³-hybridized carbons (Fsp3) is 0.444. The molecule has 1 aromatic carbocycles. The van der Waals surface area contributed by atoms with Crippen LogP contribution in [0, 0.1) is 18.6 Å². The minimum atomic E-state index is -0.915. The molecule has 2 aromatic heterocycles. The van der Waals surface area contributed by atoms with Gasteiger partial charge in [0.2, 0.25) is 10.8 Å². The third-order valence-corrected chi connectivity index (χ3v) is 5.70. The minimum Gasteiger partial charge on any atom is -0.492 e. The number of aromatic hydroxyl groups is 1. The number of rotatable bonds is 3. The molecule has 0 unspecified atom stereocenters. The number of morpholine rings is 1. The van der Waals surface area contributed by atoms with Gasteiger partial charge in [-0.1, -0.05) is 17.4 Å². The molecule has 144 valence electrons. The van der Waals surface area contributed by atoms with Crippen LogP contribution in [0.5, 0.6) is 5.88 Å². The highest BCUT2D eigenvalue weighted by Gasteiger charge is 2.34. The number of nitrogens with zero attached hydrogens (tertiary/aromatic N) is 4. The largest absolute Gasteiger partial charge is 0.492 e. The molecule has 0 aliphatic carbocycles. The van der Waals surface area contributed by atoms with Crippen LogP contribution in [0.3, 0.4) is 0 Å². The Morgan fingerprint density at radius 2 is 1.93 bits per heavy atom. The summed E-state index contributed by atoms with van der Waals surface area (Å²) in [6.45, 7) is 6.88. The number of hydrogen-bond acceptors (Lipinski definition) is 6. The number of aromatic nitrogens is 3. The molecule has 0 radical (unpaired) electrons. The normalized spacial score (nSPS) is 22.4. The first-order valence-electron chi connectivity index (χ1n) is 8.73. The molecule has 1 aliphatic rings. The Kier molecular flexibility index (Phi) is 4.61. The van der Waals surface area contributed by atoms with E-state index in [1.54, 1.807) is 13.0 Å². The van der Waals surface area contributed by atoms with Gasteiger partial charge >= 0.3 is 0 Å². The van der Waals surface area contributed by atoms with Crippen molar-refractivity contribution in [3.8, 4) is 5.88 Å². The third kappa shape index (κ3) is 3.30. The number of thiazole rings is 1. The lowest BCUT2D eigenvalue weighted by molar-refractivity contribution is -0.0764. The summed E-state index contributed by atoms with van der Waals surface area (Å²) in [5, 5.41) is 15.0. The number of benzene rings is 1. The Bertz CT molecular complexity index is 979. The van der Waals surface area contributed by atoms with E-state index in [2.05, 4.69) is 15.0 Å². The average molecular weight is 394 g/mol. The maximum absolute atomic E-state index is 14.0. The average Bonchev–Trinajstić information content (AvgIpc) is 3.08. The molecule has 1 fully saturated rings. The number of aryl methyl sites for hydroxylation is 1. The molecule has 6 nitrogen and oxygen atoms in total. The van der Waals surface area contributed by atoms with Crippen molar-refractivity contribution in [3.05, 3.63) is 46.1 Å². The number of ether oxygens (including phenoxy) is 1. The molecule has 4 rings (SSSR count). The first kappa shape index (κ1) is 18.3. The molecule has 1 aliphatic heterocycles. The van der Waals surface area contributed by atoms with Crippen LogP contribution in [0.4, 0.5) is 8.78 Å². The third-order valence-electron chi connectivity index (χ3n) is 4.63. The molecule has 1 N–H and O–H groups in total. The highest BCUT2D eigenvalue weighted by Crippen LogP contribution is 2.41. The fourth-order valence-corrected chi connectivity index (χ4v) is 4.83. The van der Waals surface area contributed by atoms with E-state index in [-0.39, 0.29) is 18.1 Å². The predicted octanol–water partition coefficient (Wildman–Crippen LogP) is 3.28. The number of fused-ring (bicyclic) bond motifs is 1. The summed E-state index contributed by atoms with van der Waals surface area (Å²) < 4.78 is 34.7. The molecule has 27 heavy (non-hydrogen) atoms. The van der Waals surface area contributed by atoms with E-state index in [0.717, 1.165) is 6.07 Å². The van der Waals surface area contributed by atoms with Gasteiger partial charge in [-0.3, -0.25) is 4.90 Å². The lowest BCUT2D eigenvalue weighted by Gasteiger charge is -2.40. The molecule has 3 aromatic rings. The zero-order valence-electron chi connectivity index (χ0n) is 15.2. The highest BCUT2D eigenvalue weighted by molar-refractivity contribution is 7.17. The van der Waals surface area contributed by atoms with Gasteiger partial charge in [0.1, 0.15) is 5.82 Å². The molecule has 0 amide bonds. The highest BCUT2D eigenvalue weighted by atomic mass is 32.1. The van der Waals surface area contributed by atoms with Gasteiger partial charge in [0, 0.05) is 13.1 Å². The van der Waals surface area contributed by atoms with E-state index in [4.69, 9.17) is 4.74 Å². The van der Waals surface area contributed by atoms with Gasteiger partial charge in [-0.2, -0.15) is 4.52 Å². The molecule has 3 heterocycles. The summed E-state index contributed by atoms with van der Waals surface area (Å²) in [5.41, 5.74) is 0.562. The maximum Gasteiger partial charge on any atom is 0.230 e. The summed E-state index contributed by atoms with van der Waals surface area (Å²) >= 11 is 1.29. The number of hydrogen-bond donors (Lipinski definition) is 1. The van der Waals surface area contributed by atoms with Crippen molar-refractivity contribution in [1.82, 2.24) is 19.5 Å². The Balaban J connectivity index is 1.85. The molecule has 0 bridgehead atoms. The van der Waals surface area contributed by atoms with Crippen molar-refractivity contribution < 1.29 is 18.6 Å². The first-order chi connectivity index (χ1) is 12.8. The van der Waals surface area contributed by atoms with E-state index < -0.39 is 17.7 Å². The van der Waals surface area contributed by atoms with Crippen LogP contribution >= 0.6 is 11.3 Å². The Morgan fingerprint density at radius 1 is 1.22 bits per heavy atom. The van der Waals surface area contributed by atoms with Crippen LogP contribution in [-0.4, -0.2) is 49.9 Å². The van der Waals surface area contributed by atoms with Crippen molar-refractivity contribution in [2.75, 3.05) is 13.1 Å². The Hall–Kier alpha value is -2.10. The van der Waals surface area contributed by atoms with Crippen LogP contribution in [-0.2, 0) is 4.74 Å². The van der Waals surface area contributed by atoms with Gasteiger partial charge in [-0.25, -0.2) is 13.8 Å². The Labute approximate surface area is 159 Å². The molecule has 9 heteroatoms. The van der Waals surface area contributed by atoms with Crippen molar-refractivity contribution in [2.24, 2.45) is 0 Å². The van der Waals surface area contributed by atoms with Gasteiger partial charge in [0.15, 0.2) is 11.6 Å². The minimum absolute atomic E-state index is 0.0203. The molecular weight excluding hydrogens is 374 g/mol. The molecule has 3 atom stereocenters. The first-order valence-corrected chi connectivity index (χ1v) is 9.54. The zero-order chi connectivity index (χ0) is 19.3. The van der Waals surface area contributed by atoms with E-state index in [9.17, 15) is 13.9 Å². The van der Waals surface area contributed by atoms with Crippen molar-refractivity contribution in [1.29, 1.82) is 0 Å². The van der Waals surface area contributed by atoms with Crippen LogP contribution in [0.15, 0.2) is 18.2 Å². The topological polar surface area (TPSA) is 62.9 Å². The SMILES string of the molecule is Cc1nc2sc([C@@H](c3ccc(F)c(F)c3)N3C[C@@H](C)O[C@H](C)C3)c(O)n2n1. The monoisotopic (exact) mass is 394 g/mol. The summed E-state index contributed by atoms with van der Waals surface area (Å²) in [6, 6.07) is 3.39. The molecule has 0 saturated carbocycles. The summed E-state index contributed by atoms with van der Waals surface area (Å²) in [7, 11) is 0. The zero-order valence-corrected chi connectivity index (χ0v) is 16.0. The van der Waals surface area contributed by atoms with Crippen LogP contribution in [0.2, 0.25) is 0 Å². The van der Waals surface area contributed by atoms with Crippen LogP contribution in [0.25, 0.3) is 4.96 Å². The van der Waals surface area contributed by atoms with Crippen LogP contribution in [0.1, 0.15) is 36.2 Å². The van der Waals surface area contributed by atoms with Crippen molar-refractivity contribution in [2.45, 2.75) is 39.0 Å². The van der Waals surface area contributed by atoms with Crippen LogP contribution < -0.4 is 0 Å². The van der Waals surface area contributed by atoms with Gasteiger partial charge in [0.25, 0.3) is 0 Å². The van der Waals surface area contributed by atoms with Crippen molar-refractivity contribution in [3.63, 3.8) is 0 Å². The molecule has 0 spiro atoms. The lowest BCUT2D eigenvalue weighted by Crippen LogP contribution is -2.47. The van der Waals surface area contributed by atoms with E-state index in [0.29, 0.717) is 34.3 Å². The van der Waals surface area contributed by atoms with E-state index >= 15 is 0 Å².